The molecule has 4 heteroatoms. The van der Waals surface area contributed by atoms with E-state index in [2.05, 4.69) is 15.8 Å². The molecule has 2 heterocycles. The van der Waals surface area contributed by atoms with Gasteiger partial charge in [-0.25, -0.2) is 5.01 Å². The van der Waals surface area contributed by atoms with Crippen LogP contribution in [0.25, 0.3) is 0 Å². The van der Waals surface area contributed by atoms with E-state index in [-0.39, 0.29) is 11.8 Å². The van der Waals surface area contributed by atoms with E-state index < -0.39 is 0 Å². The molecule has 0 spiro atoms. The molecule has 1 atom stereocenters. The molecule has 0 bridgehead atoms. The summed E-state index contributed by atoms with van der Waals surface area (Å²) in [5.74, 6) is 0.393. The maximum absolute atomic E-state index is 11.9. The number of carbonyl (C=O) groups excluding carboxylic acids is 1. The smallest absolute Gasteiger partial charge is 0.238 e. The lowest BCUT2D eigenvalue weighted by molar-refractivity contribution is -0.130. The first kappa shape index (κ1) is 10.9. The first-order valence-corrected chi connectivity index (χ1v) is 6.12. The Morgan fingerprint density at radius 2 is 2.00 bits per heavy atom. The molecule has 2 N–H and O–H groups in total. The van der Waals surface area contributed by atoms with Crippen LogP contribution >= 0.6 is 0 Å². The van der Waals surface area contributed by atoms with E-state index in [1.807, 2.05) is 0 Å². The van der Waals surface area contributed by atoms with Gasteiger partial charge in [-0.05, 0) is 32.2 Å². The van der Waals surface area contributed by atoms with E-state index in [4.69, 9.17) is 0 Å². The summed E-state index contributed by atoms with van der Waals surface area (Å²) >= 11 is 0. The monoisotopic (exact) mass is 211 g/mol. The van der Waals surface area contributed by atoms with Gasteiger partial charge in [0.1, 0.15) is 0 Å². The summed E-state index contributed by atoms with van der Waals surface area (Å²) < 4.78 is 0. The van der Waals surface area contributed by atoms with Crippen LogP contribution < -0.4 is 10.7 Å². The van der Waals surface area contributed by atoms with Crippen LogP contribution in [0.2, 0.25) is 0 Å². The van der Waals surface area contributed by atoms with Crippen molar-refractivity contribution in [3.05, 3.63) is 0 Å². The lowest BCUT2D eigenvalue weighted by Gasteiger charge is -2.30. The van der Waals surface area contributed by atoms with Crippen LogP contribution in [-0.2, 0) is 4.79 Å². The third-order valence-corrected chi connectivity index (χ3v) is 3.29. The highest BCUT2D eigenvalue weighted by Gasteiger charge is 2.22. The number of rotatable bonds is 2. The van der Waals surface area contributed by atoms with E-state index >= 15 is 0 Å². The molecule has 0 aliphatic carbocycles. The predicted octanol–water partition coefficient (Wildman–Crippen LogP) is 0.503. The fourth-order valence-corrected chi connectivity index (χ4v) is 2.33. The van der Waals surface area contributed by atoms with Gasteiger partial charge in [0, 0.05) is 19.6 Å². The van der Waals surface area contributed by atoms with E-state index in [1.165, 1.54) is 19.3 Å². The Morgan fingerprint density at radius 1 is 1.20 bits per heavy atom. The number of hydrogen-bond donors (Lipinski definition) is 2. The largest absolute Gasteiger partial charge is 0.316 e. The van der Waals surface area contributed by atoms with Gasteiger partial charge < -0.3 is 5.32 Å². The van der Waals surface area contributed by atoms with Gasteiger partial charge in [-0.1, -0.05) is 6.42 Å². The standard InChI is InChI=1S/C11H21N3O/c15-11(10-5-4-6-12-9-10)13-14-7-2-1-3-8-14/h10,12H,1-9H2,(H,13,15). The van der Waals surface area contributed by atoms with Gasteiger partial charge in [-0.3, -0.25) is 10.2 Å². The zero-order valence-electron chi connectivity index (χ0n) is 9.30. The van der Waals surface area contributed by atoms with Crippen molar-refractivity contribution in [2.45, 2.75) is 32.1 Å². The molecule has 1 amide bonds. The van der Waals surface area contributed by atoms with Gasteiger partial charge in [-0.15, -0.1) is 0 Å². The van der Waals surface area contributed by atoms with E-state index in [0.717, 1.165) is 39.0 Å². The van der Waals surface area contributed by atoms with Crippen molar-refractivity contribution >= 4 is 5.91 Å². The van der Waals surface area contributed by atoms with Crippen LogP contribution in [-0.4, -0.2) is 37.1 Å². The second-order valence-corrected chi connectivity index (χ2v) is 4.57. The molecule has 0 aromatic heterocycles. The molecule has 0 aromatic carbocycles. The van der Waals surface area contributed by atoms with Gasteiger partial charge in [0.2, 0.25) is 5.91 Å². The molecule has 2 fully saturated rings. The molecule has 1 unspecified atom stereocenters. The van der Waals surface area contributed by atoms with Gasteiger partial charge in [-0.2, -0.15) is 0 Å². The second kappa shape index (κ2) is 5.47. The third kappa shape index (κ3) is 3.18. The number of nitrogens with zero attached hydrogens (tertiary/aromatic N) is 1. The summed E-state index contributed by atoms with van der Waals surface area (Å²) in [5.41, 5.74) is 3.04. The van der Waals surface area contributed by atoms with Gasteiger partial charge >= 0.3 is 0 Å². The SMILES string of the molecule is O=C(NN1CCCCC1)C1CCCNC1. The van der Waals surface area contributed by atoms with Crippen LogP contribution in [0.5, 0.6) is 0 Å². The summed E-state index contributed by atoms with van der Waals surface area (Å²) in [6, 6.07) is 0. The summed E-state index contributed by atoms with van der Waals surface area (Å²) in [5, 5.41) is 5.36. The molecular weight excluding hydrogens is 190 g/mol. The molecule has 2 aliphatic heterocycles. The van der Waals surface area contributed by atoms with Gasteiger partial charge in [0.15, 0.2) is 0 Å². The van der Waals surface area contributed by atoms with E-state index in [1.54, 1.807) is 0 Å². The molecule has 15 heavy (non-hydrogen) atoms. The minimum Gasteiger partial charge on any atom is -0.316 e. The number of hydrogen-bond acceptors (Lipinski definition) is 3. The number of carbonyl (C=O) groups is 1. The minimum absolute atomic E-state index is 0.181. The average Bonchev–Trinajstić information content (AvgIpc) is 2.31. The minimum atomic E-state index is 0.181. The quantitative estimate of drug-likeness (QED) is 0.699. The van der Waals surface area contributed by atoms with Crippen molar-refractivity contribution in [3.63, 3.8) is 0 Å². The molecule has 0 aromatic rings. The first-order valence-electron chi connectivity index (χ1n) is 6.12. The van der Waals surface area contributed by atoms with Crippen LogP contribution in [0.15, 0.2) is 0 Å². The Morgan fingerprint density at radius 3 is 2.67 bits per heavy atom. The van der Waals surface area contributed by atoms with Crippen LogP contribution in [0.3, 0.4) is 0 Å². The molecule has 86 valence electrons. The second-order valence-electron chi connectivity index (χ2n) is 4.57. The highest BCUT2D eigenvalue weighted by Crippen LogP contribution is 2.11. The molecule has 4 nitrogen and oxygen atoms in total. The predicted molar refractivity (Wildman–Crippen MR) is 59.2 cm³/mol. The van der Waals surface area contributed by atoms with Crippen molar-refractivity contribution in [2.75, 3.05) is 26.2 Å². The Bertz CT molecular complexity index is 208. The fraction of sp³-hybridized carbons (Fsp3) is 0.909. The van der Waals surface area contributed by atoms with Crippen molar-refractivity contribution in [2.24, 2.45) is 5.92 Å². The Hall–Kier alpha value is -0.610. The third-order valence-electron chi connectivity index (χ3n) is 3.29. The fourth-order valence-electron chi connectivity index (χ4n) is 2.33. The summed E-state index contributed by atoms with van der Waals surface area (Å²) in [6.45, 7) is 3.95. The number of amides is 1. The molecular formula is C11H21N3O. The van der Waals surface area contributed by atoms with Crippen molar-refractivity contribution in [1.29, 1.82) is 0 Å². The molecule has 0 saturated carbocycles. The van der Waals surface area contributed by atoms with E-state index in [9.17, 15) is 4.79 Å². The van der Waals surface area contributed by atoms with E-state index in [0.29, 0.717) is 0 Å². The maximum atomic E-state index is 11.9. The first-order chi connectivity index (χ1) is 7.36. The molecule has 2 saturated heterocycles. The normalized spacial score (nSPS) is 28.7. The lowest BCUT2D eigenvalue weighted by Crippen LogP contribution is -2.49. The zero-order chi connectivity index (χ0) is 10.5. The number of hydrazine groups is 1. The highest BCUT2D eigenvalue weighted by atomic mass is 16.2. The van der Waals surface area contributed by atoms with Crippen LogP contribution in [0.1, 0.15) is 32.1 Å². The van der Waals surface area contributed by atoms with Gasteiger partial charge in [0.05, 0.1) is 5.92 Å². The number of nitrogens with one attached hydrogen (secondary N) is 2. The van der Waals surface area contributed by atoms with Crippen LogP contribution in [0.4, 0.5) is 0 Å². The van der Waals surface area contributed by atoms with Gasteiger partial charge in [0.25, 0.3) is 0 Å². The Kier molecular flexibility index (Phi) is 3.97. The van der Waals surface area contributed by atoms with Crippen LogP contribution in [0, 0.1) is 5.92 Å². The summed E-state index contributed by atoms with van der Waals surface area (Å²) in [6.07, 6.45) is 5.88. The van der Waals surface area contributed by atoms with Crippen molar-refractivity contribution < 1.29 is 4.79 Å². The molecule has 2 rings (SSSR count). The zero-order valence-corrected chi connectivity index (χ0v) is 9.30. The summed E-state index contributed by atoms with van der Waals surface area (Å²) in [4.78, 5) is 11.9. The number of piperidine rings is 2. The molecule has 0 radical (unpaired) electrons. The maximum Gasteiger partial charge on any atom is 0.238 e. The lowest BCUT2D eigenvalue weighted by atomic mass is 9.99. The average molecular weight is 211 g/mol. The highest BCUT2D eigenvalue weighted by molar-refractivity contribution is 5.78. The topological polar surface area (TPSA) is 44.4 Å². The Labute approximate surface area is 91.4 Å². The van der Waals surface area contributed by atoms with Crippen molar-refractivity contribution in [1.82, 2.24) is 15.8 Å². The van der Waals surface area contributed by atoms with Crippen molar-refractivity contribution in [3.8, 4) is 0 Å². The Balaban J connectivity index is 1.74. The summed E-state index contributed by atoms with van der Waals surface area (Å²) in [7, 11) is 0. The molecule has 2 aliphatic rings.